The van der Waals surface area contributed by atoms with Crippen LogP contribution in [0.4, 0.5) is 19.6 Å². The number of nitrogens with one attached hydrogen (secondary N) is 1. The lowest BCUT2D eigenvalue weighted by Crippen LogP contribution is -2.12. The Kier molecular flexibility index (Phi) is 3.26. The molecular weight excluding hydrogens is 296 g/mol. The second-order valence-corrected chi connectivity index (χ2v) is 5.38. The summed E-state index contributed by atoms with van der Waals surface area (Å²) < 4.78 is 27.1. The van der Waals surface area contributed by atoms with E-state index in [2.05, 4.69) is 10.3 Å². The highest BCUT2D eigenvalue weighted by molar-refractivity contribution is 7.22. The van der Waals surface area contributed by atoms with Crippen molar-refractivity contribution in [3.05, 3.63) is 53.6 Å². The first-order chi connectivity index (χ1) is 10.0. The maximum atomic E-state index is 13.5. The number of nitrogen functional groups attached to an aromatic ring is 1. The molecule has 1 heterocycles. The molecule has 3 aromatic rings. The van der Waals surface area contributed by atoms with Crippen molar-refractivity contribution in [3.63, 3.8) is 0 Å². The first kappa shape index (κ1) is 13.4. The lowest BCUT2D eigenvalue weighted by molar-refractivity contribution is 0.102. The van der Waals surface area contributed by atoms with Gasteiger partial charge in [0.05, 0.1) is 15.9 Å². The van der Waals surface area contributed by atoms with Gasteiger partial charge in [-0.15, -0.1) is 0 Å². The van der Waals surface area contributed by atoms with Gasteiger partial charge in [-0.05, 0) is 30.3 Å². The smallest absolute Gasteiger partial charge is 0.255 e. The summed E-state index contributed by atoms with van der Waals surface area (Å²) >= 11 is 1.26. The zero-order valence-electron chi connectivity index (χ0n) is 10.6. The summed E-state index contributed by atoms with van der Waals surface area (Å²) in [7, 11) is 0. The number of anilines is 2. The molecule has 0 aliphatic rings. The molecule has 2 aromatic carbocycles. The number of fused-ring (bicyclic) bond motifs is 1. The van der Waals surface area contributed by atoms with E-state index >= 15 is 0 Å². The molecule has 1 aromatic heterocycles. The van der Waals surface area contributed by atoms with E-state index in [1.807, 2.05) is 0 Å². The molecule has 0 unspecified atom stereocenters. The van der Waals surface area contributed by atoms with Crippen LogP contribution in [-0.2, 0) is 0 Å². The van der Waals surface area contributed by atoms with Gasteiger partial charge in [0.1, 0.15) is 11.6 Å². The quantitative estimate of drug-likeness (QED) is 0.762. The van der Waals surface area contributed by atoms with Crippen LogP contribution in [0.2, 0.25) is 0 Å². The van der Waals surface area contributed by atoms with E-state index in [9.17, 15) is 13.6 Å². The number of rotatable bonds is 2. The highest BCUT2D eigenvalue weighted by Gasteiger charge is 2.11. The number of nitrogens with two attached hydrogens (primary N) is 1. The molecule has 3 rings (SSSR count). The zero-order chi connectivity index (χ0) is 15.0. The van der Waals surface area contributed by atoms with Gasteiger partial charge in [0.25, 0.3) is 5.91 Å². The molecule has 3 N–H and O–H groups in total. The average molecular weight is 305 g/mol. The highest BCUT2D eigenvalue weighted by Crippen LogP contribution is 2.25. The summed E-state index contributed by atoms with van der Waals surface area (Å²) in [6.45, 7) is 0. The first-order valence-electron chi connectivity index (χ1n) is 5.95. The largest absolute Gasteiger partial charge is 0.375 e. The normalized spacial score (nSPS) is 10.8. The summed E-state index contributed by atoms with van der Waals surface area (Å²) in [6, 6.07) is 7.82. The molecule has 106 valence electrons. The minimum absolute atomic E-state index is 0.0784. The van der Waals surface area contributed by atoms with Gasteiger partial charge in [-0.1, -0.05) is 11.3 Å². The molecule has 0 spiro atoms. The van der Waals surface area contributed by atoms with Crippen molar-refractivity contribution < 1.29 is 13.6 Å². The van der Waals surface area contributed by atoms with Crippen molar-refractivity contribution in [2.45, 2.75) is 0 Å². The molecule has 0 fully saturated rings. The first-order valence-corrected chi connectivity index (χ1v) is 6.77. The molecule has 0 aliphatic carbocycles. The van der Waals surface area contributed by atoms with E-state index in [0.29, 0.717) is 22.3 Å². The average Bonchev–Trinajstić information content (AvgIpc) is 2.80. The summed E-state index contributed by atoms with van der Waals surface area (Å²) in [5.41, 5.74) is 6.56. The van der Waals surface area contributed by atoms with Crippen molar-refractivity contribution in [1.82, 2.24) is 4.98 Å². The highest BCUT2D eigenvalue weighted by atomic mass is 32.1. The molecular formula is C14H9F2N3OS. The van der Waals surface area contributed by atoms with Crippen LogP contribution in [0.1, 0.15) is 10.4 Å². The molecule has 0 atom stereocenters. The fourth-order valence-corrected chi connectivity index (χ4v) is 2.64. The third-order valence-electron chi connectivity index (χ3n) is 2.85. The molecule has 0 saturated carbocycles. The van der Waals surface area contributed by atoms with E-state index in [1.54, 1.807) is 18.2 Å². The fraction of sp³-hybridized carbons (Fsp3) is 0. The van der Waals surface area contributed by atoms with Gasteiger partial charge in [0.15, 0.2) is 5.13 Å². The molecule has 7 heteroatoms. The van der Waals surface area contributed by atoms with Crippen molar-refractivity contribution in [1.29, 1.82) is 0 Å². The maximum absolute atomic E-state index is 13.5. The second kappa shape index (κ2) is 5.10. The predicted octanol–water partition coefficient (Wildman–Crippen LogP) is 3.41. The standard InChI is InChI=1S/C14H9F2N3OS/c15-8-2-4-10(9(16)6-8)18-13(20)7-1-3-11-12(5-7)21-14(17)19-11/h1-6H,(H2,17,19)(H,18,20). The minimum atomic E-state index is -0.827. The van der Waals surface area contributed by atoms with Gasteiger partial charge < -0.3 is 11.1 Å². The SMILES string of the molecule is Nc1nc2ccc(C(=O)Nc3ccc(F)cc3F)cc2s1. The molecule has 0 aliphatic heterocycles. The Morgan fingerprint density at radius 2 is 2.00 bits per heavy atom. The van der Waals surface area contributed by atoms with Gasteiger partial charge in [-0.2, -0.15) is 0 Å². The third kappa shape index (κ3) is 2.68. The van der Waals surface area contributed by atoms with Crippen molar-refractivity contribution in [2.75, 3.05) is 11.1 Å². The number of hydrogen-bond donors (Lipinski definition) is 2. The van der Waals surface area contributed by atoms with Gasteiger partial charge in [-0.3, -0.25) is 4.79 Å². The number of hydrogen-bond acceptors (Lipinski definition) is 4. The zero-order valence-corrected chi connectivity index (χ0v) is 11.4. The number of nitrogens with zero attached hydrogens (tertiary/aromatic N) is 1. The number of amides is 1. The molecule has 0 bridgehead atoms. The van der Waals surface area contributed by atoms with Crippen LogP contribution >= 0.6 is 11.3 Å². The van der Waals surface area contributed by atoms with Crippen molar-refractivity contribution in [2.24, 2.45) is 0 Å². The van der Waals surface area contributed by atoms with Crippen molar-refractivity contribution >= 4 is 38.3 Å². The Labute approximate surface area is 122 Å². The van der Waals surface area contributed by atoms with E-state index in [0.717, 1.165) is 10.8 Å². The Morgan fingerprint density at radius 1 is 1.19 bits per heavy atom. The van der Waals surface area contributed by atoms with Gasteiger partial charge in [0, 0.05) is 11.6 Å². The second-order valence-electron chi connectivity index (χ2n) is 4.31. The number of aromatic nitrogens is 1. The predicted molar refractivity (Wildman–Crippen MR) is 78.3 cm³/mol. The fourth-order valence-electron chi connectivity index (χ4n) is 1.87. The monoisotopic (exact) mass is 305 g/mol. The van der Waals surface area contributed by atoms with Crippen LogP contribution in [0.5, 0.6) is 0 Å². The van der Waals surface area contributed by atoms with E-state index in [4.69, 9.17) is 5.73 Å². The van der Waals surface area contributed by atoms with E-state index < -0.39 is 17.5 Å². The van der Waals surface area contributed by atoms with Crippen molar-refractivity contribution in [3.8, 4) is 0 Å². The molecule has 0 radical (unpaired) electrons. The number of carbonyl (C=O) groups is 1. The Bertz CT molecular complexity index is 847. The Morgan fingerprint density at radius 3 is 2.76 bits per heavy atom. The lowest BCUT2D eigenvalue weighted by Gasteiger charge is -2.06. The number of carbonyl (C=O) groups excluding carboxylic acids is 1. The van der Waals surface area contributed by atoms with Crippen LogP contribution < -0.4 is 11.1 Å². The van der Waals surface area contributed by atoms with Crippen LogP contribution in [0.25, 0.3) is 10.2 Å². The number of halogens is 2. The molecule has 21 heavy (non-hydrogen) atoms. The van der Waals surface area contributed by atoms with Gasteiger partial charge in [-0.25, -0.2) is 13.8 Å². The van der Waals surface area contributed by atoms with Crippen LogP contribution in [0.3, 0.4) is 0 Å². The summed E-state index contributed by atoms with van der Waals surface area (Å²) in [6.07, 6.45) is 0. The lowest BCUT2D eigenvalue weighted by atomic mass is 10.2. The molecule has 4 nitrogen and oxygen atoms in total. The maximum Gasteiger partial charge on any atom is 0.255 e. The van der Waals surface area contributed by atoms with E-state index in [-0.39, 0.29) is 5.69 Å². The number of benzene rings is 2. The Hall–Kier alpha value is -2.54. The topological polar surface area (TPSA) is 68.0 Å². The molecule has 0 saturated heterocycles. The third-order valence-corrected chi connectivity index (χ3v) is 3.69. The Balaban J connectivity index is 1.89. The van der Waals surface area contributed by atoms with Crippen LogP contribution in [0, 0.1) is 11.6 Å². The van der Waals surface area contributed by atoms with Gasteiger partial charge >= 0.3 is 0 Å². The summed E-state index contributed by atoms with van der Waals surface area (Å²) in [5, 5.41) is 2.81. The summed E-state index contributed by atoms with van der Waals surface area (Å²) in [4.78, 5) is 16.2. The molecule has 1 amide bonds. The van der Waals surface area contributed by atoms with Crippen LogP contribution in [-0.4, -0.2) is 10.9 Å². The van der Waals surface area contributed by atoms with Crippen LogP contribution in [0.15, 0.2) is 36.4 Å². The van der Waals surface area contributed by atoms with Gasteiger partial charge in [0.2, 0.25) is 0 Å². The summed E-state index contributed by atoms with van der Waals surface area (Å²) in [5.74, 6) is -2.02. The number of thiazole rings is 1. The minimum Gasteiger partial charge on any atom is -0.375 e. The van der Waals surface area contributed by atoms with E-state index in [1.165, 1.54) is 17.4 Å².